The molecule has 0 bridgehead atoms. The molecular weight excluding hydrogens is 308 g/mol. The number of likely N-dealkylation sites (tertiary alicyclic amines) is 1. The van der Waals surface area contributed by atoms with Crippen molar-refractivity contribution in [2.45, 2.75) is 57.0 Å². The highest BCUT2D eigenvalue weighted by Crippen LogP contribution is 2.27. The number of nitrogens with one attached hydrogen (secondary N) is 1. The Morgan fingerprint density at radius 3 is 2.92 bits per heavy atom. The molecule has 7 heteroatoms. The summed E-state index contributed by atoms with van der Waals surface area (Å²) >= 11 is 0. The van der Waals surface area contributed by atoms with E-state index in [2.05, 4.69) is 10.2 Å². The molecule has 1 aromatic heterocycles. The third-order valence-corrected chi connectivity index (χ3v) is 5.02. The molecule has 2 fully saturated rings. The van der Waals surface area contributed by atoms with Crippen molar-refractivity contribution in [2.24, 2.45) is 5.73 Å². The van der Waals surface area contributed by atoms with Crippen molar-refractivity contribution in [1.29, 1.82) is 0 Å². The Labute approximate surface area is 141 Å². The van der Waals surface area contributed by atoms with Gasteiger partial charge in [0.15, 0.2) is 0 Å². The van der Waals surface area contributed by atoms with Gasteiger partial charge in [0.1, 0.15) is 5.69 Å². The molecule has 0 aromatic carbocycles. The molecule has 2 aliphatic heterocycles. The average molecular weight is 334 g/mol. The molecule has 0 spiro atoms. The molecule has 2 saturated heterocycles. The number of hydrogen-bond donors (Lipinski definition) is 2. The third-order valence-electron chi connectivity index (χ3n) is 5.02. The number of ether oxygens (including phenoxy) is 1. The van der Waals surface area contributed by atoms with Gasteiger partial charge in [0.2, 0.25) is 5.91 Å². The van der Waals surface area contributed by atoms with Crippen LogP contribution in [-0.4, -0.2) is 52.7 Å². The van der Waals surface area contributed by atoms with Crippen molar-refractivity contribution in [1.82, 2.24) is 15.1 Å². The smallest absolute Gasteiger partial charge is 0.269 e. The van der Waals surface area contributed by atoms with Gasteiger partial charge in [-0.15, -0.1) is 0 Å². The average Bonchev–Trinajstić information content (AvgIpc) is 3.11. The maximum absolute atomic E-state index is 12.5. The molecule has 3 N–H and O–H groups in total. The lowest BCUT2D eigenvalue weighted by atomic mass is 9.94. The number of carbonyl (C=O) groups is 2. The van der Waals surface area contributed by atoms with Crippen LogP contribution in [0.25, 0.3) is 0 Å². The highest BCUT2D eigenvalue weighted by Gasteiger charge is 2.27. The SMILES string of the molecule is NC(=O)c1cc([C@@H]2CCCN(C(=O)CC[C@@H]3CCCCO3)C2)[nH]n1. The minimum absolute atomic E-state index is 0.189. The lowest BCUT2D eigenvalue weighted by molar-refractivity contribution is -0.133. The maximum atomic E-state index is 12.5. The summed E-state index contributed by atoms with van der Waals surface area (Å²) < 4.78 is 5.70. The van der Waals surface area contributed by atoms with E-state index in [4.69, 9.17) is 10.5 Å². The van der Waals surface area contributed by atoms with Gasteiger partial charge in [-0.2, -0.15) is 5.10 Å². The van der Waals surface area contributed by atoms with Crippen LogP contribution in [0, 0.1) is 0 Å². The third kappa shape index (κ3) is 4.14. The Morgan fingerprint density at radius 2 is 2.21 bits per heavy atom. The van der Waals surface area contributed by atoms with Crippen molar-refractivity contribution < 1.29 is 14.3 Å². The van der Waals surface area contributed by atoms with Crippen LogP contribution in [0.1, 0.15) is 67.0 Å². The number of nitrogens with two attached hydrogens (primary N) is 1. The first kappa shape index (κ1) is 17.0. The lowest BCUT2D eigenvalue weighted by Gasteiger charge is -2.33. The van der Waals surface area contributed by atoms with Gasteiger partial charge >= 0.3 is 0 Å². The van der Waals surface area contributed by atoms with Gasteiger partial charge in [0.25, 0.3) is 5.91 Å². The summed E-state index contributed by atoms with van der Waals surface area (Å²) in [5.41, 5.74) is 6.38. The zero-order valence-corrected chi connectivity index (χ0v) is 14.0. The van der Waals surface area contributed by atoms with E-state index in [-0.39, 0.29) is 23.6 Å². The molecule has 0 saturated carbocycles. The molecule has 0 unspecified atom stereocenters. The summed E-state index contributed by atoms with van der Waals surface area (Å²) in [6.45, 7) is 2.30. The summed E-state index contributed by atoms with van der Waals surface area (Å²) in [6, 6.07) is 1.71. The molecule has 2 atom stereocenters. The van der Waals surface area contributed by atoms with E-state index >= 15 is 0 Å². The van der Waals surface area contributed by atoms with E-state index in [0.29, 0.717) is 13.0 Å². The van der Waals surface area contributed by atoms with Crippen LogP contribution in [0.5, 0.6) is 0 Å². The van der Waals surface area contributed by atoms with E-state index in [1.165, 1.54) is 6.42 Å². The lowest BCUT2D eigenvalue weighted by Crippen LogP contribution is -2.39. The fourth-order valence-electron chi connectivity index (χ4n) is 3.61. The first-order chi connectivity index (χ1) is 11.6. The number of aromatic nitrogens is 2. The molecule has 7 nitrogen and oxygen atoms in total. The summed E-state index contributed by atoms with van der Waals surface area (Å²) in [5, 5.41) is 6.83. The number of primary amides is 1. The maximum Gasteiger partial charge on any atom is 0.269 e. The van der Waals surface area contributed by atoms with Crippen LogP contribution >= 0.6 is 0 Å². The van der Waals surface area contributed by atoms with Crippen LogP contribution in [0.4, 0.5) is 0 Å². The van der Waals surface area contributed by atoms with Gasteiger partial charge in [-0.3, -0.25) is 14.7 Å². The molecule has 0 radical (unpaired) electrons. The minimum Gasteiger partial charge on any atom is -0.378 e. The van der Waals surface area contributed by atoms with Crippen molar-refractivity contribution in [3.05, 3.63) is 17.5 Å². The topological polar surface area (TPSA) is 101 Å². The summed E-state index contributed by atoms with van der Waals surface area (Å²) in [5.74, 6) is -0.147. The molecule has 1 aromatic rings. The van der Waals surface area contributed by atoms with Crippen LogP contribution in [0.15, 0.2) is 6.07 Å². The van der Waals surface area contributed by atoms with Gasteiger partial charge in [-0.05, 0) is 44.6 Å². The van der Waals surface area contributed by atoms with Crippen molar-refractivity contribution in [3.63, 3.8) is 0 Å². The highest BCUT2D eigenvalue weighted by atomic mass is 16.5. The number of hydrogen-bond acceptors (Lipinski definition) is 4. The van der Waals surface area contributed by atoms with Crippen LogP contribution in [0.3, 0.4) is 0 Å². The zero-order valence-electron chi connectivity index (χ0n) is 14.0. The Hall–Kier alpha value is -1.89. The van der Waals surface area contributed by atoms with E-state index < -0.39 is 5.91 Å². The number of rotatable bonds is 5. The number of carbonyl (C=O) groups excluding carboxylic acids is 2. The molecular formula is C17H26N4O3. The number of aromatic amines is 1. The van der Waals surface area contributed by atoms with E-state index in [1.54, 1.807) is 6.07 Å². The standard InChI is InChI=1S/C17H26N4O3/c18-17(23)15-10-14(19-20-15)12-4-3-8-21(11-12)16(22)7-6-13-5-1-2-9-24-13/h10,12-13H,1-9,11H2,(H2,18,23)(H,19,20)/t12-,13+/m1/s1. The van der Waals surface area contributed by atoms with Crippen molar-refractivity contribution in [3.8, 4) is 0 Å². The fourth-order valence-corrected chi connectivity index (χ4v) is 3.61. The Morgan fingerprint density at radius 1 is 1.33 bits per heavy atom. The molecule has 2 aliphatic rings. The van der Waals surface area contributed by atoms with Gasteiger partial charge in [-0.1, -0.05) is 0 Å². The Balaban J connectivity index is 1.52. The van der Waals surface area contributed by atoms with Crippen LogP contribution < -0.4 is 5.73 Å². The second-order valence-electron chi connectivity index (χ2n) is 6.78. The summed E-state index contributed by atoms with van der Waals surface area (Å²) in [6.07, 6.45) is 6.96. The number of H-pyrrole nitrogens is 1. The highest BCUT2D eigenvalue weighted by molar-refractivity contribution is 5.90. The monoisotopic (exact) mass is 334 g/mol. The summed E-state index contributed by atoms with van der Waals surface area (Å²) in [7, 11) is 0. The van der Waals surface area contributed by atoms with Gasteiger partial charge in [0, 0.05) is 37.7 Å². The van der Waals surface area contributed by atoms with Crippen LogP contribution in [0.2, 0.25) is 0 Å². The number of amides is 2. The van der Waals surface area contributed by atoms with Gasteiger partial charge in [-0.25, -0.2) is 0 Å². The minimum atomic E-state index is -0.534. The largest absolute Gasteiger partial charge is 0.378 e. The van der Waals surface area contributed by atoms with Crippen molar-refractivity contribution >= 4 is 11.8 Å². The molecule has 132 valence electrons. The van der Waals surface area contributed by atoms with Gasteiger partial charge in [0.05, 0.1) is 6.10 Å². The molecule has 2 amide bonds. The molecule has 3 rings (SSSR count). The normalized spacial score (nSPS) is 24.8. The number of nitrogens with zero attached hydrogens (tertiary/aromatic N) is 2. The first-order valence-electron chi connectivity index (χ1n) is 8.88. The fraction of sp³-hybridized carbons (Fsp3) is 0.706. The molecule has 3 heterocycles. The molecule has 0 aliphatic carbocycles. The van der Waals surface area contributed by atoms with E-state index in [0.717, 1.165) is 50.9 Å². The zero-order chi connectivity index (χ0) is 16.9. The predicted molar refractivity (Wildman–Crippen MR) is 88.5 cm³/mol. The van der Waals surface area contributed by atoms with E-state index in [1.807, 2.05) is 4.90 Å². The second kappa shape index (κ2) is 7.79. The van der Waals surface area contributed by atoms with E-state index in [9.17, 15) is 9.59 Å². The predicted octanol–water partition coefficient (Wildman–Crippen LogP) is 1.56. The quantitative estimate of drug-likeness (QED) is 0.853. The Bertz CT molecular complexity index is 580. The van der Waals surface area contributed by atoms with Gasteiger partial charge < -0.3 is 15.4 Å². The summed E-state index contributed by atoms with van der Waals surface area (Å²) in [4.78, 5) is 25.6. The second-order valence-corrected chi connectivity index (χ2v) is 6.78. The number of piperidine rings is 1. The Kier molecular flexibility index (Phi) is 5.50. The molecule has 24 heavy (non-hydrogen) atoms. The van der Waals surface area contributed by atoms with Crippen LogP contribution in [-0.2, 0) is 9.53 Å². The van der Waals surface area contributed by atoms with Crippen molar-refractivity contribution in [2.75, 3.05) is 19.7 Å². The first-order valence-corrected chi connectivity index (χ1v) is 8.88.